The Kier molecular flexibility index (Phi) is 4.58. The maximum atomic E-state index is 5.48. The summed E-state index contributed by atoms with van der Waals surface area (Å²) in [6, 6.07) is 0. The van der Waals surface area contributed by atoms with Crippen LogP contribution in [0.15, 0.2) is 0 Å². The van der Waals surface area contributed by atoms with Crippen molar-refractivity contribution in [2.45, 2.75) is 51.5 Å². The molecule has 1 saturated heterocycles. The van der Waals surface area contributed by atoms with Crippen molar-refractivity contribution in [1.82, 2.24) is 0 Å². The van der Waals surface area contributed by atoms with Gasteiger partial charge in [0.05, 0.1) is 12.7 Å². The molecule has 0 bridgehead atoms. The second-order valence-corrected chi connectivity index (χ2v) is 3.28. The van der Waals surface area contributed by atoms with E-state index in [1.807, 2.05) is 0 Å². The monoisotopic (exact) mass is 173 g/mol. The van der Waals surface area contributed by atoms with Crippen LogP contribution in [0.4, 0.5) is 0 Å². The molecule has 0 spiro atoms. The summed E-state index contributed by atoms with van der Waals surface area (Å²) in [4.78, 5) is 0. The Hall–Kier alpha value is -0.120. The van der Waals surface area contributed by atoms with Gasteiger partial charge in [-0.3, -0.25) is 5.73 Å². The van der Waals surface area contributed by atoms with Gasteiger partial charge in [-0.05, 0) is 12.8 Å². The van der Waals surface area contributed by atoms with Crippen LogP contribution in [0.1, 0.15) is 39.0 Å². The Bertz CT molecular complexity index is 119. The molecule has 2 N–H and O–H groups in total. The van der Waals surface area contributed by atoms with Crippen molar-refractivity contribution in [3.05, 3.63) is 0 Å². The minimum absolute atomic E-state index is 0.334. The van der Waals surface area contributed by atoms with Crippen molar-refractivity contribution < 1.29 is 9.47 Å². The summed E-state index contributed by atoms with van der Waals surface area (Å²) in [6.45, 7) is 2.95. The Morgan fingerprint density at radius 3 is 2.92 bits per heavy atom. The molecular formula is C9H19NO2. The molecule has 0 radical (unpaired) electrons. The summed E-state index contributed by atoms with van der Waals surface area (Å²) in [5, 5.41) is 0. The summed E-state index contributed by atoms with van der Waals surface area (Å²) in [7, 11) is 0. The SMILES string of the molecule is CCCCCC1CCOC(N)O1. The third-order valence-corrected chi connectivity index (χ3v) is 2.18. The van der Waals surface area contributed by atoms with Gasteiger partial charge >= 0.3 is 0 Å². The lowest BCUT2D eigenvalue weighted by Gasteiger charge is -2.27. The highest BCUT2D eigenvalue weighted by Crippen LogP contribution is 2.15. The highest BCUT2D eigenvalue weighted by molar-refractivity contribution is 4.61. The molecule has 12 heavy (non-hydrogen) atoms. The molecule has 0 aromatic rings. The van der Waals surface area contributed by atoms with Crippen molar-refractivity contribution in [3.8, 4) is 0 Å². The average molecular weight is 173 g/mol. The average Bonchev–Trinajstić information content (AvgIpc) is 2.05. The van der Waals surface area contributed by atoms with Gasteiger partial charge in [-0.2, -0.15) is 0 Å². The summed E-state index contributed by atoms with van der Waals surface area (Å²) in [6.07, 6.45) is 5.77. The molecule has 0 aromatic heterocycles. The van der Waals surface area contributed by atoms with Crippen molar-refractivity contribution in [2.24, 2.45) is 5.73 Å². The first-order valence-corrected chi connectivity index (χ1v) is 4.85. The molecule has 2 unspecified atom stereocenters. The molecule has 2 atom stereocenters. The van der Waals surface area contributed by atoms with Crippen molar-refractivity contribution in [2.75, 3.05) is 6.61 Å². The van der Waals surface area contributed by atoms with E-state index < -0.39 is 6.41 Å². The van der Waals surface area contributed by atoms with Crippen LogP contribution in [0, 0.1) is 0 Å². The molecule has 0 amide bonds. The van der Waals surface area contributed by atoms with E-state index >= 15 is 0 Å². The van der Waals surface area contributed by atoms with E-state index in [2.05, 4.69) is 6.92 Å². The molecule has 0 aliphatic carbocycles. The molecule has 72 valence electrons. The van der Waals surface area contributed by atoms with E-state index in [4.69, 9.17) is 15.2 Å². The second kappa shape index (κ2) is 5.51. The maximum absolute atomic E-state index is 5.48. The van der Waals surface area contributed by atoms with Gasteiger partial charge < -0.3 is 9.47 Å². The van der Waals surface area contributed by atoms with Crippen LogP contribution in [0.2, 0.25) is 0 Å². The molecule has 1 aliphatic heterocycles. The zero-order valence-electron chi connectivity index (χ0n) is 7.79. The van der Waals surface area contributed by atoms with E-state index in [1.54, 1.807) is 0 Å². The summed E-state index contributed by atoms with van der Waals surface area (Å²) >= 11 is 0. The molecule has 0 aromatic carbocycles. The van der Waals surface area contributed by atoms with Gasteiger partial charge in [0.15, 0.2) is 0 Å². The first kappa shape index (κ1) is 9.96. The van der Waals surface area contributed by atoms with Crippen LogP contribution in [-0.4, -0.2) is 19.1 Å². The molecule has 1 heterocycles. The first-order chi connectivity index (χ1) is 5.83. The smallest absolute Gasteiger partial charge is 0.213 e. The largest absolute Gasteiger partial charge is 0.340 e. The van der Waals surface area contributed by atoms with Gasteiger partial charge in [0.25, 0.3) is 0 Å². The summed E-state index contributed by atoms with van der Waals surface area (Å²) in [5.41, 5.74) is 5.48. The number of unbranched alkanes of at least 4 members (excludes halogenated alkanes) is 2. The van der Waals surface area contributed by atoms with Crippen molar-refractivity contribution >= 4 is 0 Å². The predicted molar refractivity (Wildman–Crippen MR) is 47.6 cm³/mol. The third kappa shape index (κ3) is 3.52. The quantitative estimate of drug-likeness (QED) is 0.657. The highest BCUT2D eigenvalue weighted by Gasteiger charge is 2.18. The number of hydrogen-bond acceptors (Lipinski definition) is 3. The predicted octanol–water partition coefficient (Wildman–Crippen LogP) is 1.61. The zero-order chi connectivity index (χ0) is 8.81. The fourth-order valence-corrected chi connectivity index (χ4v) is 1.45. The van der Waals surface area contributed by atoms with Crippen LogP contribution < -0.4 is 5.73 Å². The van der Waals surface area contributed by atoms with Crippen LogP contribution in [0.3, 0.4) is 0 Å². The second-order valence-electron chi connectivity index (χ2n) is 3.28. The molecule has 3 nitrogen and oxygen atoms in total. The lowest BCUT2D eigenvalue weighted by atomic mass is 10.1. The first-order valence-electron chi connectivity index (χ1n) is 4.85. The van der Waals surface area contributed by atoms with Gasteiger partial charge in [0.2, 0.25) is 6.41 Å². The molecule has 1 aliphatic rings. The van der Waals surface area contributed by atoms with Crippen LogP contribution in [0.5, 0.6) is 0 Å². The zero-order valence-corrected chi connectivity index (χ0v) is 7.79. The van der Waals surface area contributed by atoms with E-state index in [0.717, 1.165) is 19.4 Å². The topological polar surface area (TPSA) is 44.5 Å². The fourth-order valence-electron chi connectivity index (χ4n) is 1.45. The molecular weight excluding hydrogens is 154 g/mol. The molecule has 1 rings (SSSR count). The van der Waals surface area contributed by atoms with Crippen molar-refractivity contribution in [1.29, 1.82) is 0 Å². The van der Waals surface area contributed by atoms with E-state index in [0.29, 0.717) is 6.10 Å². The summed E-state index contributed by atoms with van der Waals surface area (Å²) < 4.78 is 10.5. The molecule has 3 heteroatoms. The third-order valence-electron chi connectivity index (χ3n) is 2.18. The number of nitrogens with two attached hydrogens (primary N) is 1. The van der Waals surface area contributed by atoms with Crippen LogP contribution in [-0.2, 0) is 9.47 Å². The van der Waals surface area contributed by atoms with E-state index in [1.165, 1.54) is 19.3 Å². The number of rotatable bonds is 4. The lowest BCUT2D eigenvalue weighted by molar-refractivity contribution is -0.210. The number of hydrogen-bond donors (Lipinski definition) is 1. The van der Waals surface area contributed by atoms with Crippen molar-refractivity contribution in [3.63, 3.8) is 0 Å². The molecule has 1 fully saturated rings. The highest BCUT2D eigenvalue weighted by atomic mass is 16.7. The Morgan fingerprint density at radius 1 is 1.42 bits per heavy atom. The van der Waals surface area contributed by atoms with Crippen LogP contribution >= 0.6 is 0 Å². The van der Waals surface area contributed by atoms with E-state index in [9.17, 15) is 0 Å². The fraction of sp³-hybridized carbons (Fsp3) is 1.00. The minimum Gasteiger partial charge on any atom is -0.340 e. The van der Waals surface area contributed by atoms with Gasteiger partial charge in [-0.25, -0.2) is 0 Å². The van der Waals surface area contributed by atoms with Gasteiger partial charge in [-0.1, -0.05) is 26.2 Å². The van der Waals surface area contributed by atoms with E-state index in [-0.39, 0.29) is 0 Å². The maximum Gasteiger partial charge on any atom is 0.213 e. The Morgan fingerprint density at radius 2 is 2.25 bits per heavy atom. The van der Waals surface area contributed by atoms with Crippen LogP contribution in [0.25, 0.3) is 0 Å². The lowest BCUT2D eigenvalue weighted by Crippen LogP contribution is -2.38. The van der Waals surface area contributed by atoms with Gasteiger partial charge in [0.1, 0.15) is 0 Å². The Balaban J connectivity index is 2.06. The minimum atomic E-state index is -0.481. The van der Waals surface area contributed by atoms with Gasteiger partial charge in [0, 0.05) is 0 Å². The number of ether oxygens (including phenoxy) is 2. The standard InChI is InChI=1S/C9H19NO2/c1-2-3-4-5-8-6-7-11-9(10)12-8/h8-9H,2-7,10H2,1H3. The normalized spacial score (nSPS) is 30.5. The Labute approximate surface area is 74.2 Å². The molecule has 0 saturated carbocycles. The van der Waals surface area contributed by atoms with Gasteiger partial charge in [-0.15, -0.1) is 0 Å². The summed E-state index contributed by atoms with van der Waals surface area (Å²) in [5.74, 6) is 0.